The largest absolute Gasteiger partial charge is 0.332 e. The van der Waals surface area contributed by atoms with Gasteiger partial charge >= 0.3 is 0 Å². The van der Waals surface area contributed by atoms with E-state index in [0.29, 0.717) is 10.1 Å². The molecule has 0 bridgehead atoms. The quantitative estimate of drug-likeness (QED) is 0.633. The van der Waals surface area contributed by atoms with Crippen molar-refractivity contribution < 1.29 is 0 Å². The maximum atomic E-state index is 5.90. The van der Waals surface area contributed by atoms with Gasteiger partial charge in [-0.05, 0) is 55.9 Å². The minimum absolute atomic E-state index is 0.521. The normalized spacial score (nSPS) is 10.5. The molecule has 0 radical (unpaired) electrons. The van der Waals surface area contributed by atoms with Crippen molar-refractivity contribution >= 4 is 40.3 Å². The fraction of sp³-hybridized carbons (Fsp3) is 0.158. The molecule has 3 rings (SSSR count). The second-order valence-electron chi connectivity index (χ2n) is 5.78. The first-order valence-electron chi connectivity index (χ1n) is 7.94. The summed E-state index contributed by atoms with van der Waals surface area (Å²) < 4.78 is 1.98. The number of thiocarbonyl (C=S) groups is 1. The van der Waals surface area contributed by atoms with E-state index in [1.807, 2.05) is 61.0 Å². The van der Waals surface area contributed by atoms with E-state index < -0.39 is 0 Å². The van der Waals surface area contributed by atoms with Crippen LogP contribution in [0.25, 0.3) is 0 Å². The van der Waals surface area contributed by atoms with Gasteiger partial charge in [-0.25, -0.2) is 0 Å². The van der Waals surface area contributed by atoms with Gasteiger partial charge in [0.2, 0.25) is 0 Å². The van der Waals surface area contributed by atoms with Crippen molar-refractivity contribution in [3.8, 4) is 0 Å². The van der Waals surface area contributed by atoms with Gasteiger partial charge in [-0.1, -0.05) is 41.9 Å². The molecule has 0 aliphatic carbocycles. The number of anilines is 2. The summed E-state index contributed by atoms with van der Waals surface area (Å²) >= 11 is 11.3. The monoisotopic (exact) mass is 370 g/mol. The third-order valence-electron chi connectivity index (χ3n) is 3.90. The highest BCUT2D eigenvalue weighted by Crippen LogP contribution is 2.21. The van der Waals surface area contributed by atoms with Crippen LogP contribution in [0.3, 0.4) is 0 Å². The maximum absolute atomic E-state index is 5.90. The van der Waals surface area contributed by atoms with Gasteiger partial charge in [-0.15, -0.1) is 0 Å². The molecule has 0 spiro atoms. The van der Waals surface area contributed by atoms with E-state index in [0.717, 1.165) is 29.3 Å². The first-order chi connectivity index (χ1) is 12.0. The average molecular weight is 371 g/mol. The molecule has 2 aromatic carbocycles. The van der Waals surface area contributed by atoms with Gasteiger partial charge in [0.1, 0.15) is 0 Å². The van der Waals surface area contributed by atoms with Crippen molar-refractivity contribution in [2.24, 2.45) is 0 Å². The van der Waals surface area contributed by atoms with Crippen LogP contribution in [0.2, 0.25) is 5.02 Å². The van der Waals surface area contributed by atoms with E-state index in [1.54, 1.807) is 0 Å². The summed E-state index contributed by atoms with van der Waals surface area (Å²) in [5.74, 6) is 0. The molecule has 0 fully saturated rings. The van der Waals surface area contributed by atoms with Gasteiger partial charge in [0.05, 0.1) is 23.6 Å². The predicted octanol–water partition coefficient (Wildman–Crippen LogP) is 5.01. The Bertz CT molecular complexity index is 872. The Morgan fingerprint density at radius 2 is 1.72 bits per heavy atom. The molecular weight excluding hydrogens is 352 g/mol. The summed E-state index contributed by atoms with van der Waals surface area (Å²) in [4.78, 5) is 0. The summed E-state index contributed by atoms with van der Waals surface area (Å²) in [6, 6.07) is 17.7. The first kappa shape index (κ1) is 17.5. The number of nitrogens with one attached hydrogen (secondary N) is 2. The molecule has 0 saturated heterocycles. The van der Waals surface area contributed by atoms with E-state index in [-0.39, 0.29) is 0 Å². The van der Waals surface area contributed by atoms with Crippen LogP contribution in [0.4, 0.5) is 11.4 Å². The molecule has 25 heavy (non-hydrogen) atoms. The number of hydrogen-bond donors (Lipinski definition) is 2. The number of nitrogens with zero attached hydrogens (tertiary/aromatic N) is 2. The molecule has 0 amide bonds. The van der Waals surface area contributed by atoms with E-state index in [4.69, 9.17) is 23.8 Å². The van der Waals surface area contributed by atoms with Gasteiger partial charge in [0.25, 0.3) is 0 Å². The van der Waals surface area contributed by atoms with Crippen LogP contribution in [0.15, 0.2) is 54.6 Å². The van der Waals surface area contributed by atoms with Crippen LogP contribution in [0.5, 0.6) is 0 Å². The number of rotatable bonds is 4. The third kappa shape index (κ3) is 4.38. The van der Waals surface area contributed by atoms with Crippen molar-refractivity contribution in [1.82, 2.24) is 9.78 Å². The number of halogens is 1. The molecule has 0 aliphatic heterocycles. The van der Waals surface area contributed by atoms with Crippen molar-refractivity contribution in [2.45, 2.75) is 20.4 Å². The zero-order valence-electron chi connectivity index (χ0n) is 14.1. The molecule has 6 heteroatoms. The summed E-state index contributed by atoms with van der Waals surface area (Å²) in [7, 11) is 0. The molecule has 1 heterocycles. The van der Waals surface area contributed by atoms with E-state index in [2.05, 4.69) is 27.9 Å². The van der Waals surface area contributed by atoms with Gasteiger partial charge < -0.3 is 10.6 Å². The highest BCUT2D eigenvalue weighted by molar-refractivity contribution is 7.80. The van der Waals surface area contributed by atoms with Gasteiger partial charge in [0, 0.05) is 10.7 Å². The fourth-order valence-electron chi connectivity index (χ4n) is 2.60. The van der Waals surface area contributed by atoms with Crippen LogP contribution >= 0.6 is 23.8 Å². The smallest absolute Gasteiger partial charge is 0.175 e. The lowest BCUT2D eigenvalue weighted by Gasteiger charge is -2.11. The Kier molecular flexibility index (Phi) is 5.36. The Labute approximate surface area is 157 Å². The topological polar surface area (TPSA) is 41.9 Å². The molecule has 0 saturated carbocycles. The average Bonchev–Trinajstić information content (AvgIpc) is 2.85. The molecule has 0 aliphatic rings. The molecule has 0 atom stereocenters. The molecule has 4 nitrogen and oxygen atoms in total. The molecule has 2 N–H and O–H groups in total. The van der Waals surface area contributed by atoms with Crippen LogP contribution in [-0.4, -0.2) is 14.9 Å². The highest BCUT2D eigenvalue weighted by Gasteiger charge is 2.13. The Hall–Kier alpha value is -2.37. The minimum Gasteiger partial charge on any atom is -0.332 e. The molecule has 128 valence electrons. The number of aryl methyl sites for hydroxylation is 1. The zero-order valence-corrected chi connectivity index (χ0v) is 15.7. The summed E-state index contributed by atoms with van der Waals surface area (Å²) in [6.45, 7) is 4.74. The fourth-order valence-corrected chi connectivity index (χ4v) is 2.94. The Morgan fingerprint density at radius 1 is 1.04 bits per heavy atom. The lowest BCUT2D eigenvalue weighted by molar-refractivity contribution is 0.659. The van der Waals surface area contributed by atoms with Crippen LogP contribution in [0, 0.1) is 13.8 Å². The van der Waals surface area contributed by atoms with Gasteiger partial charge in [-0.2, -0.15) is 5.10 Å². The van der Waals surface area contributed by atoms with Crippen LogP contribution < -0.4 is 10.6 Å². The van der Waals surface area contributed by atoms with Crippen molar-refractivity contribution in [1.29, 1.82) is 0 Å². The second kappa shape index (κ2) is 7.68. The van der Waals surface area contributed by atoms with Crippen molar-refractivity contribution in [3.05, 3.63) is 76.6 Å². The van der Waals surface area contributed by atoms with E-state index in [9.17, 15) is 0 Å². The Morgan fingerprint density at radius 3 is 2.40 bits per heavy atom. The van der Waals surface area contributed by atoms with Crippen LogP contribution in [0.1, 0.15) is 17.0 Å². The molecular formula is C19H19ClN4S. The first-order valence-corrected chi connectivity index (χ1v) is 8.73. The lowest BCUT2D eigenvalue weighted by Crippen LogP contribution is -2.19. The highest BCUT2D eigenvalue weighted by atomic mass is 35.5. The zero-order chi connectivity index (χ0) is 17.8. The number of aromatic nitrogens is 2. The summed E-state index contributed by atoms with van der Waals surface area (Å²) in [5, 5.41) is 12.2. The predicted molar refractivity (Wildman–Crippen MR) is 109 cm³/mol. The van der Waals surface area contributed by atoms with Crippen molar-refractivity contribution in [3.63, 3.8) is 0 Å². The lowest BCUT2D eigenvalue weighted by atomic mass is 10.2. The summed E-state index contributed by atoms with van der Waals surface area (Å²) in [5.41, 5.74) is 4.98. The second-order valence-corrected chi connectivity index (χ2v) is 6.62. The standard InChI is InChI=1S/C19H19ClN4S/c1-13-18(22-19(25)21-17-10-8-16(20)9-11-17)14(2)24(23-13)12-15-6-4-3-5-7-15/h3-11H,12H2,1-2H3,(H2,21,22,25). The maximum Gasteiger partial charge on any atom is 0.175 e. The van der Waals surface area contributed by atoms with E-state index >= 15 is 0 Å². The number of benzene rings is 2. The van der Waals surface area contributed by atoms with Crippen molar-refractivity contribution in [2.75, 3.05) is 10.6 Å². The summed E-state index contributed by atoms with van der Waals surface area (Å²) in [6.07, 6.45) is 0. The molecule has 3 aromatic rings. The van der Waals surface area contributed by atoms with Gasteiger partial charge in [-0.3, -0.25) is 4.68 Å². The minimum atomic E-state index is 0.521. The van der Waals surface area contributed by atoms with Gasteiger partial charge in [0.15, 0.2) is 5.11 Å². The Balaban J connectivity index is 1.72. The van der Waals surface area contributed by atoms with E-state index in [1.165, 1.54) is 5.56 Å². The van der Waals surface area contributed by atoms with Crippen LogP contribution in [-0.2, 0) is 6.54 Å². The molecule has 1 aromatic heterocycles. The third-order valence-corrected chi connectivity index (χ3v) is 4.35. The SMILES string of the molecule is Cc1nn(Cc2ccccc2)c(C)c1NC(=S)Nc1ccc(Cl)cc1. The molecule has 0 unspecified atom stereocenters. The number of hydrogen-bond acceptors (Lipinski definition) is 2.